The molecular weight excluding hydrogens is 341 g/mol. The van der Waals surface area contributed by atoms with Gasteiger partial charge in [0.15, 0.2) is 5.76 Å². The summed E-state index contributed by atoms with van der Waals surface area (Å²) in [6, 6.07) is 6.00. The van der Waals surface area contributed by atoms with Crippen LogP contribution in [0.1, 0.15) is 15.9 Å². The minimum absolute atomic E-state index is 0.0899. The first-order valence-corrected chi connectivity index (χ1v) is 6.85. The Labute approximate surface area is 127 Å². The van der Waals surface area contributed by atoms with Gasteiger partial charge in [0.25, 0.3) is 0 Å². The standard InChI is InChI=1S/C15H9BrFNO3/c1-7-13(15(19)20)8-5-9(16)10(17)6-11(8)18-14(7)12-3-2-4-21-12/h2-6H,1H3,(H,19,20). The summed E-state index contributed by atoms with van der Waals surface area (Å²) >= 11 is 3.07. The van der Waals surface area contributed by atoms with E-state index in [2.05, 4.69) is 20.9 Å². The average Bonchev–Trinajstić information content (AvgIpc) is 2.93. The highest BCUT2D eigenvalue weighted by Crippen LogP contribution is 2.32. The molecule has 0 bridgehead atoms. The van der Waals surface area contributed by atoms with Crippen molar-refractivity contribution in [2.45, 2.75) is 6.92 Å². The molecule has 0 saturated heterocycles. The fraction of sp³-hybridized carbons (Fsp3) is 0.0667. The SMILES string of the molecule is Cc1c(-c2ccco2)nc2cc(F)c(Br)cc2c1C(=O)O. The summed E-state index contributed by atoms with van der Waals surface area (Å²) in [4.78, 5) is 15.9. The topological polar surface area (TPSA) is 63.3 Å². The molecule has 0 atom stereocenters. The Kier molecular flexibility index (Phi) is 3.25. The monoisotopic (exact) mass is 349 g/mol. The number of halogens is 2. The van der Waals surface area contributed by atoms with Gasteiger partial charge < -0.3 is 9.52 Å². The number of hydrogen-bond donors (Lipinski definition) is 1. The van der Waals surface area contributed by atoms with Crippen LogP contribution in [0.4, 0.5) is 4.39 Å². The summed E-state index contributed by atoms with van der Waals surface area (Å²) in [5.74, 6) is -1.15. The molecule has 0 radical (unpaired) electrons. The summed E-state index contributed by atoms with van der Waals surface area (Å²) in [6.45, 7) is 1.66. The molecule has 0 aliphatic heterocycles. The van der Waals surface area contributed by atoms with Gasteiger partial charge in [-0.15, -0.1) is 0 Å². The summed E-state index contributed by atoms with van der Waals surface area (Å²) in [7, 11) is 0. The van der Waals surface area contributed by atoms with E-state index in [1.54, 1.807) is 19.1 Å². The number of carboxylic acid groups (broad SMARTS) is 1. The number of rotatable bonds is 2. The minimum atomic E-state index is -1.09. The Hall–Kier alpha value is -2.21. The van der Waals surface area contributed by atoms with E-state index in [1.807, 2.05) is 0 Å². The lowest BCUT2D eigenvalue weighted by Gasteiger charge is -2.11. The average molecular weight is 350 g/mol. The van der Waals surface area contributed by atoms with Crippen LogP contribution in [0.15, 0.2) is 39.4 Å². The Morgan fingerprint density at radius 3 is 2.81 bits per heavy atom. The van der Waals surface area contributed by atoms with Gasteiger partial charge in [-0.1, -0.05) is 0 Å². The summed E-state index contributed by atoms with van der Waals surface area (Å²) < 4.78 is 19.2. The van der Waals surface area contributed by atoms with Crippen LogP contribution >= 0.6 is 15.9 Å². The van der Waals surface area contributed by atoms with Gasteiger partial charge >= 0.3 is 5.97 Å². The molecule has 3 rings (SSSR count). The predicted molar refractivity (Wildman–Crippen MR) is 78.8 cm³/mol. The fourth-order valence-electron chi connectivity index (χ4n) is 2.28. The van der Waals surface area contributed by atoms with Crippen molar-refractivity contribution >= 4 is 32.8 Å². The van der Waals surface area contributed by atoms with Crippen LogP contribution in [-0.2, 0) is 0 Å². The van der Waals surface area contributed by atoms with Crippen LogP contribution in [0.5, 0.6) is 0 Å². The van der Waals surface area contributed by atoms with Crippen LogP contribution in [0.25, 0.3) is 22.4 Å². The van der Waals surface area contributed by atoms with Crippen LogP contribution in [0.3, 0.4) is 0 Å². The zero-order valence-electron chi connectivity index (χ0n) is 10.9. The molecule has 2 aromatic heterocycles. The molecule has 2 heterocycles. The van der Waals surface area contributed by atoms with E-state index >= 15 is 0 Å². The van der Waals surface area contributed by atoms with Crippen molar-refractivity contribution in [3.63, 3.8) is 0 Å². The molecule has 4 nitrogen and oxygen atoms in total. The number of aromatic nitrogens is 1. The van der Waals surface area contributed by atoms with Gasteiger partial charge in [0.1, 0.15) is 11.5 Å². The molecule has 1 N–H and O–H groups in total. The van der Waals surface area contributed by atoms with E-state index in [-0.39, 0.29) is 15.6 Å². The molecule has 0 fully saturated rings. The normalized spacial score (nSPS) is 11.0. The van der Waals surface area contributed by atoms with E-state index in [0.717, 1.165) is 0 Å². The van der Waals surface area contributed by atoms with Gasteiger partial charge in [0, 0.05) is 11.5 Å². The third-order valence-electron chi connectivity index (χ3n) is 3.24. The van der Waals surface area contributed by atoms with Crippen molar-refractivity contribution in [2.75, 3.05) is 0 Å². The Morgan fingerprint density at radius 1 is 1.43 bits per heavy atom. The number of carbonyl (C=O) groups is 1. The van der Waals surface area contributed by atoms with E-state index in [9.17, 15) is 14.3 Å². The maximum absolute atomic E-state index is 13.7. The highest BCUT2D eigenvalue weighted by Gasteiger charge is 2.20. The lowest BCUT2D eigenvalue weighted by Crippen LogP contribution is -2.05. The third kappa shape index (κ3) is 2.21. The van der Waals surface area contributed by atoms with Crippen molar-refractivity contribution < 1.29 is 18.7 Å². The number of nitrogens with zero attached hydrogens (tertiary/aromatic N) is 1. The predicted octanol–water partition coefficient (Wildman–Crippen LogP) is 4.40. The molecule has 106 valence electrons. The van der Waals surface area contributed by atoms with Crippen molar-refractivity contribution in [3.8, 4) is 11.5 Å². The van der Waals surface area contributed by atoms with Crippen LogP contribution in [-0.4, -0.2) is 16.1 Å². The molecule has 0 amide bonds. The third-order valence-corrected chi connectivity index (χ3v) is 3.85. The van der Waals surface area contributed by atoms with Crippen molar-refractivity contribution in [2.24, 2.45) is 0 Å². The van der Waals surface area contributed by atoms with Gasteiger partial charge in [0.05, 0.1) is 21.8 Å². The molecule has 0 saturated carbocycles. The van der Waals surface area contributed by atoms with Gasteiger partial charge in [-0.05, 0) is 46.6 Å². The molecule has 0 aliphatic carbocycles. The molecule has 0 spiro atoms. The number of aromatic carboxylic acids is 1. The second-order valence-electron chi connectivity index (χ2n) is 4.53. The zero-order chi connectivity index (χ0) is 15.1. The summed E-state index contributed by atoms with van der Waals surface area (Å²) in [5.41, 5.74) is 1.23. The van der Waals surface area contributed by atoms with Gasteiger partial charge in [-0.2, -0.15) is 0 Å². The summed E-state index contributed by atoms with van der Waals surface area (Å²) in [6.07, 6.45) is 1.48. The largest absolute Gasteiger partial charge is 0.478 e. The molecule has 0 unspecified atom stereocenters. The fourth-order valence-corrected chi connectivity index (χ4v) is 2.63. The lowest BCUT2D eigenvalue weighted by molar-refractivity contribution is 0.0698. The van der Waals surface area contributed by atoms with E-state index in [0.29, 0.717) is 22.4 Å². The molecule has 6 heteroatoms. The van der Waals surface area contributed by atoms with Crippen LogP contribution < -0.4 is 0 Å². The number of carboxylic acids is 1. The Morgan fingerprint density at radius 2 is 2.19 bits per heavy atom. The molecular formula is C15H9BrFNO3. The van der Waals surface area contributed by atoms with Crippen molar-refractivity contribution in [1.29, 1.82) is 0 Å². The maximum Gasteiger partial charge on any atom is 0.336 e. The number of hydrogen-bond acceptors (Lipinski definition) is 3. The second kappa shape index (κ2) is 4.96. The first kappa shape index (κ1) is 13.8. The number of pyridine rings is 1. The number of furan rings is 1. The number of fused-ring (bicyclic) bond motifs is 1. The Balaban J connectivity index is 2.45. The zero-order valence-corrected chi connectivity index (χ0v) is 12.4. The lowest BCUT2D eigenvalue weighted by atomic mass is 10.0. The second-order valence-corrected chi connectivity index (χ2v) is 5.38. The van der Waals surface area contributed by atoms with Crippen molar-refractivity contribution in [1.82, 2.24) is 4.98 Å². The number of benzene rings is 1. The minimum Gasteiger partial charge on any atom is -0.478 e. The highest BCUT2D eigenvalue weighted by atomic mass is 79.9. The van der Waals surface area contributed by atoms with Gasteiger partial charge in [-0.3, -0.25) is 0 Å². The molecule has 3 aromatic rings. The summed E-state index contributed by atoms with van der Waals surface area (Å²) in [5, 5.41) is 9.86. The van der Waals surface area contributed by atoms with Crippen LogP contribution in [0.2, 0.25) is 0 Å². The molecule has 0 aliphatic rings. The van der Waals surface area contributed by atoms with Gasteiger partial charge in [0.2, 0.25) is 0 Å². The van der Waals surface area contributed by atoms with E-state index in [4.69, 9.17) is 4.42 Å². The van der Waals surface area contributed by atoms with Gasteiger partial charge in [-0.25, -0.2) is 14.2 Å². The first-order valence-electron chi connectivity index (χ1n) is 6.05. The maximum atomic E-state index is 13.7. The van der Waals surface area contributed by atoms with Crippen molar-refractivity contribution in [3.05, 3.63) is 51.9 Å². The Bertz CT molecular complexity index is 859. The van der Waals surface area contributed by atoms with Crippen LogP contribution in [0, 0.1) is 12.7 Å². The smallest absolute Gasteiger partial charge is 0.336 e. The van der Waals surface area contributed by atoms with E-state index in [1.165, 1.54) is 18.4 Å². The first-order chi connectivity index (χ1) is 9.99. The van der Waals surface area contributed by atoms with E-state index < -0.39 is 11.8 Å². The quantitative estimate of drug-likeness (QED) is 0.744. The molecule has 21 heavy (non-hydrogen) atoms. The highest BCUT2D eigenvalue weighted by molar-refractivity contribution is 9.10. The molecule has 1 aromatic carbocycles.